The fourth-order valence-electron chi connectivity index (χ4n) is 7.48. The van der Waals surface area contributed by atoms with Crippen LogP contribution in [0, 0.1) is 11.8 Å². The normalized spacial score (nSPS) is 17.8. The largest absolute Gasteiger partial charge is 0.379 e. The molecular formula is C41H73N8O7P. The molecule has 8 atom stereocenters. The van der Waals surface area contributed by atoms with Crippen LogP contribution in [0.3, 0.4) is 0 Å². The molecule has 1 aliphatic heterocycles. The second-order valence-electron chi connectivity index (χ2n) is 15.8. The summed E-state index contributed by atoms with van der Waals surface area (Å²) in [5, 5.41) is 5.77. The van der Waals surface area contributed by atoms with Gasteiger partial charge in [-0.2, -0.15) is 0 Å². The zero-order valence-corrected chi connectivity index (χ0v) is 37.3. The third-order valence-corrected chi connectivity index (χ3v) is 12.4. The Morgan fingerprint density at radius 3 is 2.19 bits per heavy atom. The zero-order valence-electron chi connectivity index (χ0n) is 36.4. The van der Waals surface area contributed by atoms with Crippen molar-refractivity contribution in [3.8, 4) is 0 Å². The Bertz CT molecular complexity index is 1410. The van der Waals surface area contributed by atoms with Gasteiger partial charge in [-0.05, 0) is 49.6 Å². The predicted octanol–water partition coefficient (Wildman–Crippen LogP) is 2.70. The van der Waals surface area contributed by atoms with Gasteiger partial charge in [-0.25, -0.2) is 4.99 Å². The fraction of sp³-hybridized carbons (Fsp3) is 0.732. The Morgan fingerprint density at radius 2 is 1.65 bits per heavy atom. The van der Waals surface area contributed by atoms with Gasteiger partial charge in [0.2, 0.25) is 23.6 Å². The number of guanidine groups is 1. The molecule has 0 radical (unpaired) electrons. The molecule has 0 saturated carbocycles. The summed E-state index contributed by atoms with van der Waals surface area (Å²) >= 11 is 0. The SMILES string of the molecule is CCC(C)C(C(CC(=O)N1CCCC1C(CC(=O)NC(Cc1ccccc1)P(O)CC(=O)NCCCN)OC)OC)N(C)C(=O)[C@@H](N=C(N(C)C)N(C)C)C(C)C. The van der Waals surface area contributed by atoms with Gasteiger partial charge in [0.05, 0.1) is 57.2 Å². The van der Waals surface area contributed by atoms with Crippen LogP contribution in [0.5, 0.6) is 0 Å². The summed E-state index contributed by atoms with van der Waals surface area (Å²) in [6, 6.07) is 8.09. The molecule has 0 aromatic heterocycles. The van der Waals surface area contributed by atoms with Crippen LogP contribution in [0.4, 0.5) is 0 Å². The molecule has 1 fully saturated rings. The summed E-state index contributed by atoms with van der Waals surface area (Å²) in [5.41, 5.74) is 6.46. The number of aliphatic imine (C=N–C) groups is 1. The van der Waals surface area contributed by atoms with Gasteiger partial charge in [0.1, 0.15) is 6.04 Å². The molecule has 0 spiro atoms. The maximum Gasteiger partial charge on any atom is 0.247 e. The Morgan fingerprint density at radius 1 is 1.00 bits per heavy atom. The van der Waals surface area contributed by atoms with Crippen molar-refractivity contribution in [2.75, 3.05) is 75.3 Å². The predicted molar refractivity (Wildman–Crippen MR) is 228 cm³/mol. The van der Waals surface area contributed by atoms with E-state index in [1.165, 1.54) is 7.11 Å². The van der Waals surface area contributed by atoms with Crippen LogP contribution in [0.2, 0.25) is 0 Å². The van der Waals surface area contributed by atoms with Gasteiger partial charge in [-0.3, -0.25) is 19.2 Å². The number of nitrogens with zero attached hydrogens (tertiary/aromatic N) is 5. The number of likely N-dealkylation sites (N-methyl/N-ethyl adjacent to an activating group) is 1. The standard InChI is InChI=1S/C41H73N8O7P/c1-12-29(4)39(48(9)40(53)38(28(2)3)45-41(46(5)6)47(7)8)33(56-11)26-37(52)49-23-16-20-31(49)32(55-10)25-34(50)44-36(24-30-18-14-13-15-19-30)57(54)27-35(51)43-22-17-21-42/h13-15,18-19,28-29,31-33,36,38-39,54H,12,16-17,20-27,42H2,1-11H3,(H,43,51)(H,44,50)/t29?,31?,32?,33?,36?,38-,39?,57?/m0/s1. The van der Waals surface area contributed by atoms with E-state index in [1.807, 2.05) is 82.2 Å². The molecule has 4 amide bonds. The minimum atomic E-state index is -1.91. The summed E-state index contributed by atoms with van der Waals surface area (Å²) in [4.78, 5) is 78.1. The van der Waals surface area contributed by atoms with Crippen LogP contribution >= 0.6 is 8.15 Å². The first kappa shape index (κ1) is 49.8. The molecule has 0 aliphatic carbocycles. The minimum Gasteiger partial charge on any atom is -0.379 e. The second-order valence-corrected chi connectivity index (χ2v) is 17.7. The lowest BCUT2D eigenvalue weighted by molar-refractivity contribution is -0.145. The number of carbonyl (C=O) groups is 4. The van der Waals surface area contributed by atoms with Crippen molar-refractivity contribution >= 4 is 37.7 Å². The molecule has 15 nitrogen and oxygen atoms in total. The molecule has 16 heteroatoms. The quantitative estimate of drug-likeness (QED) is 0.0555. The van der Waals surface area contributed by atoms with Crippen LogP contribution in [0.25, 0.3) is 0 Å². The Balaban J connectivity index is 2.26. The number of nitrogens with one attached hydrogen (secondary N) is 2. The molecule has 1 heterocycles. The third kappa shape index (κ3) is 15.4. The van der Waals surface area contributed by atoms with Crippen molar-refractivity contribution < 1.29 is 33.5 Å². The molecule has 0 bridgehead atoms. The van der Waals surface area contributed by atoms with E-state index in [9.17, 15) is 24.1 Å². The monoisotopic (exact) mass is 821 g/mol. The fourth-order valence-corrected chi connectivity index (χ4v) is 8.82. The van der Waals surface area contributed by atoms with Crippen molar-refractivity contribution in [3.63, 3.8) is 0 Å². The van der Waals surface area contributed by atoms with Gasteiger partial charge in [0, 0.05) is 62.5 Å². The lowest BCUT2D eigenvalue weighted by atomic mass is 9.89. The minimum absolute atomic E-state index is 0.0123. The van der Waals surface area contributed by atoms with Gasteiger partial charge in [0.25, 0.3) is 0 Å². The van der Waals surface area contributed by atoms with E-state index in [4.69, 9.17) is 20.2 Å². The van der Waals surface area contributed by atoms with Crippen molar-refractivity contribution in [2.45, 2.75) is 109 Å². The second kappa shape index (κ2) is 25.2. The number of benzene rings is 1. The van der Waals surface area contributed by atoms with Gasteiger partial charge in [-0.1, -0.05) is 64.4 Å². The van der Waals surface area contributed by atoms with Gasteiger partial charge in [0.15, 0.2) is 5.96 Å². The van der Waals surface area contributed by atoms with Crippen molar-refractivity contribution in [1.29, 1.82) is 0 Å². The van der Waals surface area contributed by atoms with Crippen LogP contribution in [-0.2, 0) is 35.1 Å². The first-order chi connectivity index (χ1) is 27.0. The molecule has 5 N–H and O–H groups in total. The number of nitrogens with two attached hydrogens (primary N) is 1. The molecule has 2 rings (SSSR count). The average Bonchev–Trinajstić information content (AvgIpc) is 3.66. The summed E-state index contributed by atoms with van der Waals surface area (Å²) < 4.78 is 11.9. The molecule has 7 unspecified atom stereocenters. The van der Waals surface area contributed by atoms with Gasteiger partial charge >= 0.3 is 0 Å². The van der Waals surface area contributed by atoms with E-state index < -0.39 is 38.2 Å². The number of amides is 4. The molecule has 1 saturated heterocycles. The number of rotatable bonds is 23. The summed E-state index contributed by atoms with van der Waals surface area (Å²) in [7, 11) is 10.6. The highest BCUT2D eigenvalue weighted by Gasteiger charge is 2.41. The number of hydrogen-bond donors (Lipinski definition) is 4. The van der Waals surface area contributed by atoms with Crippen LogP contribution in [0.15, 0.2) is 35.3 Å². The van der Waals surface area contributed by atoms with E-state index in [2.05, 4.69) is 24.5 Å². The molecule has 1 aliphatic rings. The Hall–Kier alpha value is -3.36. The number of ether oxygens (including phenoxy) is 2. The van der Waals surface area contributed by atoms with E-state index >= 15 is 0 Å². The molecule has 324 valence electrons. The van der Waals surface area contributed by atoms with Crippen molar-refractivity contribution in [1.82, 2.24) is 30.2 Å². The first-order valence-electron chi connectivity index (χ1n) is 20.3. The van der Waals surface area contributed by atoms with Gasteiger partial charge in [-0.15, -0.1) is 0 Å². The van der Waals surface area contributed by atoms with Crippen molar-refractivity contribution in [3.05, 3.63) is 35.9 Å². The van der Waals surface area contributed by atoms with Crippen LogP contribution in [-0.4, -0.2) is 165 Å². The molecular weight excluding hydrogens is 747 g/mol. The lowest BCUT2D eigenvalue weighted by Gasteiger charge is -2.40. The zero-order chi connectivity index (χ0) is 42.8. The lowest BCUT2D eigenvalue weighted by Crippen LogP contribution is -2.54. The number of methoxy groups -OCH3 is 2. The van der Waals surface area contributed by atoms with Crippen molar-refractivity contribution in [2.24, 2.45) is 22.6 Å². The highest BCUT2D eigenvalue weighted by Crippen LogP contribution is 2.37. The van der Waals surface area contributed by atoms with Crippen LogP contribution in [0.1, 0.15) is 71.8 Å². The third-order valence-electron chi connectivity index (χ3n) is 10.7. The Kier molecular flexibility index (Phi) is 22.0. The topological polar surface area (TPSA) is 182 Å². The molecule has 57 heavy (non-hydrogen) atoms. The number of hydrogen-bond acceptors (Lipinski definition) is 9. The Labute approximate surface area is 343 Å². The van der Waals surface area contributed by atoms with E-state index in [0.717, 1.165) is 18.4 Å². The summed E-state index contributed by atoms with van der Waals surface area (Å²) in [6.07, 6.45) is 1.81. The molecule has 1 aromatic carbocycles. The van der Waals surface area contributed by atoms with Gasteiger partial charge < -0.3 is 50.3 Å². The maximum atomic E-state index is 14.2. The van der Waals surface area contributed by atoms with Crippen LogP contribution < -0.4 is 16.4 Å². The smallest absolute Gasteiger partial charge is 0.247 e. The highest BCUT2D eigenvalue weighted by atomic mass is 31.1. The first-order valence-corrected chi connectivity index (χ1v) is 21.9. The number of likely N-dealkylation sites (tertiary alicyclic amines) is 1. The summed E-state index contributed by atoms with van der Waals surface area (Å²) in [6.45, 7) is 9.46. The van der Waals surface area contributed by atoms with E-state index in [0.29, 0.717) is 44.9 Å². The molecule has 1 aromatic rings. The number of carbonyl (C=O) groups excluding carboxylic acids is 4. The highest BCUT2D eigenvalue weighted by molar-refractivity contribution is 7.53. The van der Waals surface area contributed by atoms with E-state index in [-0.39, 0.29) is 60.5 Å². The van der Waals surface area contributed by atoms with E-state index in [1.54, 1.807) is 24.0 Å². The average molecular weight is 821 g/mol. The summed E-state index contributed by atoms with van der Waals surface area (Å²) in [5.74, 6) is -0.967. The maximum absolute atomic E-state index is 14.2.